The van der Waals surface area contributed by atoms with E-state index < -0.39 is 0 Å². The Bertz CT molecular complexity index is 563. The van der Waals surface area contributed by atoms with Crippen LogP contribution in [0.1, 0.15) is 11.1 Å². The summed E-state index contributed by atoms with van der Waals surface area (Å²) in [6, 6.07) is 14.7. The van der Waals surface area contributed by atoms with Crippen LogP contribution in [-0.4, -0.2) is 6.54 Å². The molecule has 0 aliphatic carbocycles. The Morgan fingerprint density at radius 1 is 1.00 bits per heavy atom. The summed E-state index contributed by atoms with van der Waals surface area (Å²) in [6.45, 7) is 2.01. The molecule has 3 rings (SSSR count). The molecule has 2 aromatic rings. The largest absolute Gasteiger partial charge is 0.399 e. The highest BCUT2D eigenvalue weighted by atomic mass is 79.9. The smallest absolute Gasteiger partial charge is 0.0433 e. The van der Waals surface area contributed by atoms with Crippen molar-refractivity contribution in [3.8, 4) is 0 Å². The number of rotatable bonds is 1. The van der Waals surface area contributed by atoms with Gasteiger partial charge in [-0.1, -0.05) is 22.0 Å². The third-order valence-corrected chi connectivity index (χ3v) is 3.96. The molecule has 0 bridgehead atoms. The molecule has 18 heavy (non-hydrogen) atoms. The molecule has 1 heterocycles. The second kappa shape index (κ2) is 4.65. The number of hydrogen-bond acceptors (Lipinski definition) is 2. The first-order chi connectivity index (χ1) is 8.72. The average Bonchev–Trinajstić information content (AvgIpc) is 2.38. The van der Waals surface area contributed by atoms with Crippen LogP contribution in [0.2, 0.25) is 0 Å². The standard InChI is InChI=1S/C15H15BrN2/c16-13-2-5-15(6-3-13)18-8-7-11-1-4-14(17)9-12(11)10-18/h1-6,9H,7-8,10,17H2. The molecular formula is C15H15BrN2. The molecule has 1 aliphatic heterocycles. The van der Waals surface area contributed by atoms with E-state index in [1.165, 1.54) is 16.8 Å². The lowest BCUT2D eigenvalue weighted by Gasteiger charge is -2.31. The van der Waals surface area contributed by atoms with Crippen LogP contribution >= 0.6 is 15.9 Å². The summed E-state index contributed by atoms with van der Waals surface area (Å²) in [4.78, 5) is 2.40. The molecule has 0 radical (unpaired) electrons. The predicted molar refractivity (Wildman–Crippen MR) is 79.8 cm³/mol. The van der Waals surface area contributed by atoms with E-state index in [4.69, 9.17) is 5.73 Å². The molecular weight excluding hydrogens is 288 g/mol. The number of halogens is 1. The first kappa shape index (κ1) is 11.6. The van der Waals surface area contributed by atoms with Crippen LogP contribution in [0.25, 0.3) is 0 Å². The minimum Gasteiger partial charge on any atom is -0.399 e. The van der Waals surface area contributed by atoms with Crippen LogP contribution in [0, 0.1) is 0 Å². The Labute approximate surface area is 116 Å². The summed E-state index contributed by atoms with van der Waals surface area (Å²) in [5.41, 5.74) is 10.8. The van der Waals surface area contributed by atoms with Gasteiger partial charge in [-0.3, -0.25) is 0 Å². The van der Waals surface area contributed by atoms with Gasteiger partial charge in [0.1, 0.15) is 0 Å². The van der Waals surface area contributed by atoms with Gasteiger partial charge in [0.2, 0.25) is 0 Å². The third-order valence-electron chi connectivity index (χ3n) is 3.43. The van der Waals surface area contributed by atoms with Crippen LogP contribution < -0.4 is 10.6 Å². The molecule has 2 N–H and O–H groups in total. The molecule has 0 saturated carbocycles. The average molecular weight is 303 g/mol. The fourth-order valence-electron chi connectivity index (χ4n) is 2.45. The first-order valence-electron chi connectivity index (χ1n) is 6.10. The third kappa shape index (κ3) is 2.23. The fourth-order valence-corrected chi connectivity index (χ4v) is 2.71. The quantitative estimate of drug-likeness (QED) is 0.816. The Kier molecular flexibility index (Phi) is 3.00. The molecule has 2 nitrogen and oxygen atoms in total. The lowest BCUT2D eigenvalue weighted by atomic mass is 9.99. The Morgan fingerprint density at radius 3 is 2.56 bits per heavy atom. The van der Waals surface area contributed by atoms with E-state index >= 15 is 0 Å². The summed E-state index contributed by atoms with van der Waals surface area (Å²) in [7, 11) is 0. The molecule has 3 heteroatoms. The summed E-state index contributed by atoms with van der Waals surface area (Å²) in [6.07, 6.45) is 1.09. The van der Waals surface area contributed by atoms with Gasteiger partial charge in [-0.25, -0.2) is 0 Å². The summed E-state index contributed by atoms with van der Waals surface area (Å²) < 4.78 is 1.12. The van der Waals surface area contributed by atoms with Gasteiger partial charge in [0.25, 0.3) is 0 Å². The van der Waals surface area contributed by atoms with E-state index in [0.717, 1.165) is 29.7 Å². The maximum absolute atomic E-state index is 5.86. The van der Waals surface area contributed by atoms with Crippen molar-refractivity contribution in [2.24, 2.45) is 0 Å². The number of fused-ring (bicyclic) bond motifs is 1. The summed E-state index contributed by atoms with van der Waals surface area (Å²) in [5.74, 6) is 0. The van der Waals surface area contributed by atoms with Crippen LogP contribution in [0.5, 0.6) is 0 Å². The monoisotopic (exact) mass is 302 g/mol. The second-order valence-electron chi connectivity index (χ2n) is 4.68. The summed E-state index contributed by atoms with van der Waals surface area (Å²) >= 11 is 3.47. The number of hydrogen-bond donors (Lipinski definition) is 1. The van der Waals surface area contributed by atoms with Crippen LogP contribution in [0.3, 0.4) is 0 Å². The van der Waals surface area contributed by atoms with Crippen LogP contribution in [-0.2, 0) is 13.0 Å². The normalized spacial score (nSPS) is 14.4. The topological polar surface area (TPSA) is 29.3 Å². The van der Waals surface area contributed by atoms with Gasteiger partial charge in [-0.15, -0.1) is 0 Å². The lowest BCUT2D eigenvalue weighted by molar-refractivity contribution is 0.732. The zero-order valence-electron chi connectivity index (χ0n) is 10.1. The molecule has 0 aromatic heterocycles. The Hall–Kier alpha value is -1.48. The Balaban J connectivity index is 1.88. The number of nitrogens with two attached hydrogens (primary N) is 1. The van der Waals surface area contributed by atoms with Crippen molar-refractivity contribution < 1.29 is 0 Å². The minimum absolute atomic E-state index is 0.853. The molecule has 0 spiro atoms. The highest BCUT2D eigenvalue weighted by molar-refractivity contribution is 9.10. The van der Waals surface area contributed by atoms with Gasteiger partial charge in [-0.2, -0.15) is 0 Å². The maximum atomic E-state index is 5.86. The van der Waals surface area contributed by atoms with Crippen molar-refractivity contribution in [1.82, 2.24) is 0 Å². The van der Waals surface area contributed by atoms with E-state index in [1.807, 2.05) is 6.07 Å². The van der Waals surface area contributed by atoms with Crippen molar-refractivity contribution in [2.45, 2.75) is 13.0 Å². The van der Waals surface area contributed by atoms with Crippen LogP contribution in [0.4, 0.5) is 11.4 Å². The lowest BCUT2D eigenvalue weighted by Crippen LogP contribution is -2.30. The molecule has 0 unspecified atom stereocenters. The number of benzene rings is 2. The fraction of sp³-hybridized carbons (Fsp3) is 0.200. The molecule has 92 valence electrons. The molecule has 0 fully saturated rings. The maximum Gasteiger partial charge on any atom is 0.0433 e. The van der Waals surface area contributed by atoms with Crippen molar-refractivity contribution in [3.05, 3.63) is 58.1 Å². The number of nitrogens with zero attached hydrogens (tertiary/aromatic N) is 1. The molecule has 0 amide bonds. The van der Waals surface area contributed by atoms with Crippen molar-refractivity contribution in [1.29, 1.82) is 0 Å². The zero-order chi connectivity index (χ0) is 12.5. The predicted octanol–water partition coefficient (Wildman–Crippen LogP) is 3.59. The van der Waals surface area contributed by atoms with Crippen LogP contribution in [0.15, 0.2) is 46.9 Å². The number of nitrogen functional groups attached to an aromatic ring is 1. The van der Waals surface area contributed by atoms with Crippen molar-refractivity contribution in [3.63, 3.8) is 0 Å². The van der Waals surface area contributed by atoms with Gasteiger partial charge < -0.3 is 10.6 Å². The molecule has 0 saturated heterocycles. The Morgan fingerprint density at radius 2 is 1.78 bits per heavy atom. The van der Waals surface area contributed by atoms with Gasteiger partial charge >= 0.3 is 0 Å². The molecule has 2 aromatic carbocycles. The van der Waals surface area contributed by atoms with Gasteiger partial charge in [-0.05, 0) is 53.9 Å². The van der Waals surface area contributed by atoms with E-state index in [1.54, 1.807) is 0 Å². The highest BCUT2D eigenvalue weighted by Crippen LogP contribution is 2.26. The zero-order valence-corrected chi connectivity index (χ0v) is 11.7. The van der Waals surface area contributed by atoms with Crippen molar-refractivity contribution >= 4 is 27.3 Å². The minimum atomic E-state index is 0.853. The molecule has 0 atom stereocenters. The van der Waals surface area contributed by atoms with Gasteiger partial charge in [0.15, 0.2) is 0 Å². The second-order valence-corrected chi connectivity index (χ2v) is 5.59. The first-order valence-corrected chi connectivity index (χ1v) is 6.89. The van der Waals surface area contributed by atoms with E-state index in [9.17, 15) is 0 Å². The highest BCUT2D eigenvalue weighted by Gasteiger charge is 2.16. The van der Waals surface area contributed by atoms with E-state index in [0.29, 0.717) is 0 Å². The number of anilines is 2. The molecule has 1 aliphatic rings. The van der Waals surface area contributed by atoms with Gasteiger partial charge in [0, 0.05) is 28.9 Å². The van der Waals surface area contributed by atoms with Crippen molar-refractivity contribution in [2.75, 3.05) is 17.2 Å². The SMILES string of the molecule is Nc1ccc2c(c1)CN(c1ccc(Br)cc1)CC2. The summed E-state index contributed by atoms with van der Waals surface area (Å²) in [5, 5.41) is 0. The van der Waals surface area contributed by atoms with E-state index in [2.05, 4.69) is 57.2 Å². The van der Waals surface area contributed by atoms with E-state index in [-0.39, 0.29) is 0 Å². The van der Waals surface area contributed by atoms with Gasteiger partial charge in [0.05, 0.1) is 0 Å².